The van der Waals surface area contributed by atoms with E-state index < -0.39 is 0 Å². The number of halogens is 1. The van der Waals surface area contributed by atoms with Crippen LogP contribution in [0.25, 0.3) is 0 Å². The van der Waals surface area contributed by atoms with Crippen molar-refractivity contribution in [3.63, 3.8) is 0 Å². The molecule has 0 atom stereocenters. The maximum absolute atomic E-state index is 12.2. The SMILES string of the molecule is CC(C)C/C(=C\Cl)CN1C(=O)c2ccccc2C1=O. The summed E-state index contributed by atoms with van der Waals surface area (Å²) in [7, 11) is 0. The molecule has 1 aliphatic rings. The Labute approximate surface area is 117 Å². The fourth-order valence-corrected chi connectivity index (χ4v) is 2.41. The van der Waals surface area contributed by atoms with Crippen molar-refractivity contribution in [3.05, 3.63) is 46.5 Å². The summed E-state index contributed by atoms with van der Waals surface area (Å²) in [5.41, 5.74) is 3.33. The van der Waals surface area contributed by atoms with Crippen LogP contribution in [0.2, 0.25) is 0 Å². The average molecular weight is 278 g/mol. The second kappa shape index (κ2) is 5.57. The van der Waals surface area contributed by atoms with Gasteiger partial charge in [0.05, 0.1) is 17.7 Å². The van der Waals surface area contributed by atoms with Crippen molar-refractivity contribution in [1.29, 1.82) is 0 Å². The van der Waals surface area contributed by atoms with Gasteiger partial charge in [-0.1, -0.05) is 37.6 Å². The van der Waals surface area contributed by atoms with Gasteiger partial charge in [-0.3, -0.25) is 14.5 Å². The first-order valence-electron chi connectivity index (χ1n) is 6.28. The Hall–Kier alpha value is -1.61. The van der Waals surface area contributed by atoms with E-state index in [1.807, 2.05) is 0 Å². The monoisotopic (exact) mass is 277 g/mol. The van der Waals surface area contributed by atoms with Crippen LogP contribution in [0.3, 0.4) is 0 Å². The van der Waals surface area contributed by atoms with E-state index in [4.69, 9.17) is 11.6 Å². The van der Waals surface area contributed by atoms with Crippen LogP contribution in [-0.4, -0.2) is 23.3 Å². The van der Waals surface area contributed by atoms with Gasteiger partial charge in [0.15, 0.2) is 0 Å². The van der Waals surface area contributed by atoms with E-state index in [-0.39, 0.29) is 18.4 Å². The van der Waals surface area contributed by atoms with Crippen molar-refractivity contribution in [2.24, 2.45) is 5.92 Å². The predicted octanol–water partition coefficient (Wildman–Crippen LogP) is 3.45. The van der Waals surface area contributed by atoms with Crippen molar-refractivity contribution in [3.8, 4) is 0 Å². The molecule has 0 aromatic heterocycles. The zero-order valence-electron chi connectivity index (χ0n) is 11.0. The molecule has 0 aliphatic carbocycles. The summed E-state index contributed by atoms with van der Waals surface area (Å²) in [6, 6.07) is 6.89. The Morgan fingerprint density at radius 2 is 1.74 bits per heavy atom. The predicted molar refractivity (Wildman–Crippen MR) is 75.2 cm³/mol. The minimum Gasteiger partial charge on any atom is -0.270 e. The maximum atomic E-state index is 12.2. The molecule has 0 saturated heterocycles. The van der Waals surface area contributed by atoms with Crippen LogP contribution in [0.5, 0.6) is 0 Å². The number of imide groups is 1. The van der Waals surface area contributed by atoms with Gasteiger partial charge in [0, 0.05) is 5.54 Å². The topological polar surface area (TPSA) is 37.4 Å². The Balaban J connectivity index is 2.20. The second-order valence-corrected chi connectivity index (χ2v) is 5.33. The first-order valence-corrected chi connectivity index (χ1v) is 6.71. The second-order valence-electron chi connectivity index (χ2n) is 5.11. The number of amides is 2. The summed E-state index contributed by atoms with van der Waals surface area (Å²) in [6.07, 6.45) is 0.775. The summed E-state index contributed by atoms with van der Waals surface area (Å²) in [5.74, 6) is -0.0408. The molecule has 1 aromatic carbocycles. The highest BCUT2D eigenvalue weighted by molar-refractivity contribution is 6.26. The number of carbonyl (C=O) groups is 2. The van der Waals surface area contributed by atoms with Crippen LogP contribution in [0.4, 0.5) is 0 Å². The molecule has 2 amide bonds. The summed E-state index contributed by atoms with van der Waals surface area (Å²) < 4.78 is 0. The summed E-state index contributed by atoms with van der Waals surface area (Å²) >= 11 is 5.79. The fraction of sp³-hybridized carbons (Fsp3) is 0.333. The Kier molecular flexibility index (Phi) is 4.05. The van der Waals surface area contributed by atoms with Gasteiger partial charge in [0.2, 0.25) is 0 Å². The largest absolute Gasteiger partial charge is 0.270 e. The van der Waals surface area contributed by atoms with Crippen molar-refractivity contribution in [2.75, 3.05) is 6.54 Å². The van der Waals surface area contributed by atoms with Gasteiger partial charge in [-0.25, -0.2) is 0 Å². The van der Waals surface area contributed by atoms with Gasteiger partial charge in [-0.05, 0) is 30.0 Å². The number of carbonyl (C=O) groups excluding carboxylic acids is 2. The van der Waals surface area contributed by atoms with Gasteiger partial charge in [-0.2, -0.15) is 0 Å². The lowest BCUT2D eigenvalue weighted by atomic mass is 10.0. The molecule has 0 bridgehead atoms. The average Bonchev–Trinajstić information content (AvgIpc) is 2.63. The minimum atomic E-state index is -0.236. The third-order valence-electron chi connectivity index (χ3n) is 3.06. The fourth-order valence-electron chi connectivity index (χ4n) is 2.25. The molecular formula is C15H16ClNO2. The molecule has 0 radical (unpaired) electrons. The van der Waals surface area contributed by atoms with Crippen molar-refractivity contribution in [2.45, 2.75) is 20.3 Å². The van der Waals surface area contributed by atoms with Crippen molar-refractivity contribution < 1.29 is 9.59 Å². The lowest BCUT2D eigenvalue weighted by Crippen LogP contribution is -2.31. The molecule has 1 aliphatic heterocycles. The highest BCUT2D eigenvalue weighted by Gasteiger charge is 2.35. The maximum Gasteiger partial charge on any atom is 0.261 e. The summed E-state index contributed by atoms with van der Waals surface area (Å²) in [5, 5.41) is 0. The molecule has 3 nitrogen and oxygen atoms in total. The molecule has 0 spiro atoms. The van der Waals surface area contributed by atoms with Crippen LogP contribution < -0.4 is 0 Å². The van der Waals surface area contributed by atoms with E-state index in [1.165, 1.54) is 10.4 Å². The first kappa shape index (κ1) is 13.8. The summed E-state index contributed by atoms with van der Waals surface area (Å²) in [6.45, 7) is 4.42. The van der Waals surface area contributed by atoms with Crippen LogP contribution in [0, 0.1) is 5.92 Å². The molecule has 100 valence electrons. The molecule has 4 heteroatoms. The van der Waals surface area contributed by atoms with E-state index in [0.29, 0.717) is 17.0 Å². The minimum absolute atomic E-state index is 0.236. The summed E-state index contributed by atoms with van der Waals surface area (Å²) in [4.78, 5) is 25.6. The van der Waals surface area contributed by atoms with E-state index >= 15 is 0 Å². The van der Waals surface area contributed by atoms with Crippen LogP contribution >= 0.6 is 11.6 Å². The quantitative estimate of drug-likeness (QED) is 0.791. The van der Waals surface area contributed by atoms with Gasteiger partial charge in [-0.15, -0.1) is 0 Å². The number of hydrogen-bond donors (Lipinski definition) is 0. The van der Waals surface area contributed by atoms with Crippen molar-refractivity contribution in [1.82, 2.24) is 4.90 Å². The molecule has 1 heterocycles. The number of rotatable bonds is 4. The number of hydrogen-bond acceptors (Lipinski definition) is 2. The molecule has 0 fully saturated rings. The van der Waals surface area contributed by atoms with Gasteiger partial charge < -0.3 is 0 Å². The lowest BCUT2D eigenvalue weighted by Gasteiger charge is -2.17. The Morgan fingerprint density at radius 1 is 1.21 bits per heavy atom. The van der Waals surface area contributed by atoms with E-state index in [0.717, 1.165) is 12.0 Å². The van der Waals surface area contributed by atoms with E-state index in [1.54, 1.807) is 24.3 Å². The number of fused-ring (bicyclic) bond motifs is 1. The zero-order valence-corrected chi connectivity index (χ0v) is 11.8. The van der Waals surface area contributed by atoms with E-state index in [2.05, 4.69) is 13.8 Å². The molecular weight excluding hydrogens is 262 g/mol. The first-order chi connectivity index (χ1) is 9.04. The smallest absolute Gasteiger partial charge is 0.261 e. The molecule has 2 rings (SSSR count). The molecule has 0 unspecified atom stereocenters. The van der Waals surface area contributed by atoms with Gasteiger partial charge in [0.25, 0.3) is 11.8 Å². The number of nitrogens with zero attached hydrogens (tertiary/aromatic N) is 1. The zero-order chi connectivity index (χ0) is 14.0. The molecule has 1 aromatic rings. The normalized spacial score (nSPS) is 15.4. The standard InChI is InChI=1S/C15H16ClNO2/c1-10(2)7-11(8-16)9-17-14(18)12-5-3-4-6-13(12)15(17)19/h3-6,8,10H,7,9H2,1-2H3/b11-8+. The third kappa shape index (κ3) is 2.71. The number of benzene rings is 1. The van der Waals surface area contributed by atoms with Gasteiger partial charge >= 0.3 is 0 Å². The van der Waals surface area contributed by atoms with E-state index in [9.17, 15) is 9.59 Å². The van der Waals surface area contributed by atoms with Crippen molar-refractivity contribution >= 4 is 23.4 Å². The molecule has 0 saturated carbocycles. The van der Waals surface area contributed by atoms with Crippen LogP contribution in [0.15, 0.2) is 35.4 Å². The highest BCUT2D eigenvalue weighted by atomic mass is 35.5. The molecule has 0 N–H and O–H groups in total. The molecule has 19 heavy (non-hydrogen) atoms. The highest BCUT2D eigenvalue weighted by Crippen LogP contribution is 2.24. The van der Waals surface area contributed by atoms with Crippen LogP contribution in [0.1, 0.15) is 41.0 Å². The Bertz CT molecular complexity index is 514. The third-order valence-corrected chi connectivity index (χ3v) is 3.37. The Morgan fingerprint density at radius 3 is 2.16 bits per heavy atom. The van der Waals surface area contributed by atoms with Crippen LogP contribution in [-0.2, 0) is 0 Å². The lowest BCUT2D eigenvalue weighted by molar-refractivity contribution is 0.0666. The van der Waals surface area contributed by atoms with Gasteiger partial charge in [0.1, 0.15) is 0 Å².